The van der Waals surface area contributed by atoms with E-state index in [4.69, 9.17) is 0 Å². The van der Waals surface area contributed by atoms with Gasteiger partial charge < -0.3 is 10.2 Å². The Morgan fingerprint density at radius 2 is 1.50 bits per heavy atom. The Labute approximate surface area is 252 Å². The first-order valence-corrected chi connectivity index (χ1v) is 17.5. The zero-order chi connectivity index (χ0) is 30.1. The van der Waals surface area contributed by atoms with Crippen LogP contribution in [0, 0.1) is 17.8 Å². The molecule has 6 rings (SSSR count). The predicted octanol–water partition coefficient (Wildman–Crippen LogP) is 5.29. The summed E-state index contributed by atoms with van der Waals surface area (Å²) < 4.78 is 27.3. The molecule has 0 unspecified atom stereocenters. The molecule has 2 aromatic carbocycles. The summed E-state index contributed by atoms with van der Waals surface area (Å²) in [5.41, 5.74) is 3.06. The maximum atomic E-state index is 13.9. The minimum atomic E-state index is -3.76. The first kappa shape index (κ1) is 30.6. The van der Waals surface area contributed by atoms with Gasteiger partial charge in [0.1, 0.15) is 12.6 Å². The number of hydrogen-bond donors (Lipinski definition) is 1. The van der Waals surface area contributed by atoms with Crippen molar-refractivity contribution < 1.29 is 18.0 Å². The number of hydrogen-bond acceptors (Lipinski definition) is 4. The minimum Gasteiger partial charge on any atom is -0.352 e. The average Bonchev–Trinajstić information content (AvgIpc) is 2.92. The van der Waals surface area contributed by atoms with Crippen molar-refractivity contribution in [2.75, 3.05) is 23.7 Å². The summed E-state index contributed by atoms with van der Waals surface area (Å²) in [5, 5.41) is 2.94. The zero-order valence-corrected chi connectivity index (χ0v) is 26.4. The average molecular weight is 594 g/mol. The fourth-order valence-electron chi connectivity index (χ4n) is 8.34. The van der Waals surface area contributed by atoms with Gasteiger partial charge in [-0.15, -0.1) is 0 Å². The normalized spacial score (nSPS) is 25.3. The highest BCUT2D eigenvalue weighted by Crippen LogP contribution is 2.60. The molecule has 0 aromatic heterocycles. The number of rotatable bonds is 12. The van der Waals surface area contributed by atoms with Crippen LogP contribution in [0.1, 0.15) is 76.8 Å². The van der Waals surface area contributed by atoms with Gasteiger partial charge >= 0.3 is 0 Å². The van der Waals surface area contributed by atoms with Crippen LogP contribution in [0.3, 0.4) is 0 Å². The van der Waals surface area contributed by atoms with Crippen LogP contribution >= 0.6 is 0 Å². The second-order valence-corrected chi connectivity index (χ2v) is 15.3. The SMILES string of the molecule is CC[C@H](C(=O)NC(C)C)N(CCc1ccccc1)C(=O)CN(c1ccc(C23CC4CC(CC(C4)C2)C3)cc1)S(C)(=O)=O. The third-order valence-electron chi connectivity index (χ3n) is 9.79. The smallest absolute Gasteiger partial charge is 0.244 e. The van der Waals surface area contributed by atoms with E-state index >= 15 is 0 Å². The molecule has 0 aliphatic heterocycles. The van der Waals surface area contributed by atoms with Crippen molar-refractivity contribution >= 4 is 27.5 Å². The van der Waals surface area contributed by atoms with E-state index in [1.165, 1.54) is 48.4 Å². The summed E-state index contributed by atoms with van der Waals surface area (Å²) in [7, 11) is -3.76. The molecular weight excluding hydrogens is 546 g/mol. The van der Waals surface area contributed by atoms with E-state index in [0.29, 0.717) is 25.1 Å². The Morgan fingerprint density at radius 1 is 0.929 bits per heavy atom. The second-order valence-electron chi connectivity index (χ2n) is 13.4. The zero-order valence-electron chi connectivity index (χ0n) is 25.6. The lowest BCUT2D eigenvalue weighted by Gasteiger charge is -2.57. The van der Waals surface area contributed by atoms with Crippen LogP contribution < -0.4 is 9.62 Å². The Kier molecular flexibility index (Phi) is 9.02. The summed E-state index contributed by atoms with van der Waals surface area (Å²) in [6.07, 6.45) is 9.96. The van der Waals surface area contributed by atoms with Crippen molar-refractivity contribution in [3.05, 3.63) is 65.7 Å². The summed E-state index contributed by atoms with van der Waals surface area (Å²) >= 11 is 0. The number of benzene rings is 2. The molecular formula is C34H47N3O4S. The van der Waals surface area contributed by atoms with E-state index in [1.807, 2.05) is 63.2 Å². The van der Waals surface area contributed by atoms with Gasteiger partial charge in [0, 0.05) is 12.6 Å². The van der Waals surface area contributed by atoms with Crippen molar-refractivity contribution in [3.63, 3.8) is 0 Å². The van der Waals surface area contributed by atoms with E-state index in [9.17, 15) is 18.0 Å². The van der Waals surface area contributed by atoms with Crippen molar-refractivity contribution in [2.45, 2.75) is 89.6 Å². The van der Waals surface area contributed by atoms with Gasteiger partial charge in [-0.1, -0.05) is 49.4 Å². The van der Waals surface area contributed by atoms with Crippen LogP contribution in [0.25, 0.3) is 0 Å². The van der Waals surface area contributed by atoms with Gasteiger partial charge in [-0.2, -0.15) is 0 Å². The monoisotopic (exact) mass is 593 g/mol. The Hall–Kier alpha value is -2.87. The number of carbonyl (C=O) groups is 2. The molecule has 1 N–H and O–H groups in total. The summed E-state index contributed by atoms with van der Waals surface area (Å²) in [6.45, 7) is 5.62. The summed E-state index contributed by atoms with van der Waals surface area (Å²) in [6, 6.07) is 17.0. The van der Waals surface area contributed by atoms with Crippen LogP contribution in [0.5, 0.6) is 0 Å². The van der Waals surface area contributed by atoms with Gasteiger partial charge in [0.25, 0.3) is 0 Å². The Balaban J connectivity index is 1.37. The molecule has 228 valence electrons. The molecule has 0 heterocycles. The van der Waals surface area contributed by atoms with Crippen molar-refractivity contribution in [2.24, 2.45) is 17.8 Å². The van der Waals surface area contributed by atoms with E-state index in [-0.39, 0.29) is 29.8 Å². The third-order valence-corrected chi connectivity index (χ3v) is 10.9. The maximum Gasteiger partial charge on any atom is 0.244 e. The summed E-state index contributed by atoms with van der Waals surface area (Å²) in [5.74, 6) is 1.86. The number of sulfonamides is 1. The molecule has 0 saturated heterocycles. The predicted molar refractivity (Wildman–Crippen MR) is 168 cm³/mol. The lowest BCUT2D eigenvalue weighted by molar-refractivity contribution is -0.139. The van der Waals surface area contributed by atoms with Gasteiger partial charge in [-0.3, -0.25) is 13.9 Å². The molecule has 2 aromatic rings. The molecule has 4 aliphatic carbocycles. The van der Waals surface area contributed by atoms with Crippen LogP contribution in [-0.2, 0) is 31.4 Å². The van der Waals surface area contributed by atoms with Gasteiger partial charge in [-0.05, 0) is 112 Å². The Bertz CT molecular complexity index is 1320. The van der Waals surface area contributed by atoms with Gasteiger partial charge in [0.15, 0.2) is 0 Å². The first-order valence-electron chi connectivity index (χ1n) is 15.7. The van der Waals surface area contributed by atoms with E-state index in [0.717, 1.165) is 29.6 Å². The second kappa shape index (κ2) is 12.4. The molecule has 4 aliphatic rings. The molecule has 1 atom stereocenters. The lowest BCUT2D eigenvalue weighted by atomic mass is 9.48. The van der Waals surface area contributed by atoms with Crippen LogP contribution in [-0.4, -0.2) is 56.6 Å². The number of anilines is 1. The van der Waals surface area contributed by atoms with Crippen molar-refractivity contribution in [3.8, 4) is 0 Å². The fraction of sp³-hybridized carbons (Fsp3) is 0.588. The highest BCUT2D eigenvalue weighted by molar-refractivity contribution is 7.92. The topological polar surface area (TPSA) is 86.8 Å². The molecule has 42 heavy (non-hydrogen) atoms. The van der Waals surface area contributed by atoms with E-state index < -0.39 is 16.1 Å². The number of nitrogens with one attached hydrogen (secondary N) is 1. The number of amides is 2. The number of carbonyl (C=O) groups excluding carboxylic acids is 2. The minimum absolute atomic E-state index is 0.0716. The fourth-order valence-corrected chi connectivity index (χ4v) is 9.19. The Morgan fingerprint density at radius 3 is 2.00 bits per heavy atom. The molecule has 0 spiro atoms. The van der Waals surface area contributed by atoms with E-state index in [2.05, 4.69) is 17.4 Å². The summed E-state index contributed by atoms with van der Waals surface area (Å²) in [4.78, 5) is 28.6. The molecule has 4 fully saturated rings. The quantitative estimate of drug-likeness (QED) is 0.362. The highest BCUT2D eigenvalue weighted by atomic mass is 32.2. The molecule has 0 radical (unpaired) electrons. The maximum absolute atomic E-state index is 13.9. The van der Waals surface area contributed by atoms with Gasteiger partial charge in [0.05, 0.1) is 11.9 Å². The highest BCUT2D eigenvalue weighted by Gasteiger charge is 2.51. The first-order chi connectivity index (χ1) is 20.0. The largest absolute Gasteiger partial charge is 0.352 e. The van der Waals surface area contributed by atoms with Crippen molar-refractivity contribution in [1.82, 2.24) is 10.2 Å². The molecule has 4 bridgehead atoms. The molecule has 4 saturated carbocycles. The molecule has 8 heteroatoms. The van der Waals surface area contributed by atoms with E-state index in [1.54, 1.807) is 4.90 Å². The molecule has 2 amide bonds. The van der Waals surface area contributed by atoms with Crippen LogP contribution in [0.15, 0.2) is 54.6 Å². The van der Waals surface area contributed by atoms with Gasteiger partial charge in [-0.25, -0.2) is 8.42 Å². The van der Waals surface area contributed by atoms with Crippen LogP contribution in [0.2, 0.25) is 0 Å². The molecule has 7 nitrogen and oxygen atoms in total. The third kappa shape index (κ3) is 6.69. The number of nitrogens with zero attached hydrogens (tertiary/aromatic N) is 2. The standard InChI is InChI=1S/C34H47N3O4S/c1-5-31(33(39)35-24(2)3)36(16-15-25-9-7-6-8-10-25)32(38)23-37(42(4,40)41)30-13-11-29(12-14-30)34-20-26-17-27(21-34)19-28(18-26)22-34/h6-14,24,26-28,31H,5,15-23H2,1-4H3,(H,35,39)/t26?,27?,28?,31-,34?/m1/s1. The van der Waals surface area contributed by atoms with Gasteiger partial charge in [0.2, 0.25) is 21.8 Å². The van der Waals surface area contributed by atoms with Crippen LogP contribution in [0.4, 0.5) is 5.69 Å². The lowest BCUT2D eigenvalue weighted by Crippen LogP contribution is -2.54. The van der Waals surface area contributed by atoms with Crippen molar-refractivity contribution in [1.29, 1.82) is 0 Å².